The van der Waals surface area contributed by atoms with E-state index in [9.17, 15) is 13.2 Å². The topological polar surface area (TPSA) is 66.5 Å². The van der Waals surface area contributed by atoms with Crippen molar-refractivity contribution in [3.8, 4) is 0 Å². The number of benzene rings is 1. The van der Waals surface area contributed by atoms with Gasteiger partial charge in [-0.15, -0.1) is 0 Å². The van der Waals surface area contributed by atoms with Crippen molar-refractivity contribution in [2.24, 2.45) is 0 Å². The van der Waals surface area contributed by atoms with Crippen molar-refractivity contribution < 1.29 is 13.2 Å². The third-order valence-corrected chi connectivity index (χ3v) is 4.85. The Kier molecular flexibility index (Phi) is 5.14. The lowest BCUT2D eigenvalue weighted by Gasteiger charge is -2.18. The molecule has 0 aliphatic heterocycles. The van der Waals surface area contributed by atoms with Crippen molar-refractivity contribution in [3.05, 3.63) is 28.2 Å². The third-order valence-electron chi connectivity index (χ3n) is 3.09. The molecule has 116 valence electrons. The van der Waals surface area contributed by atoms with Crippen LogP contribution in [-0.4, -0.2) is 37.5 Å². The molecule has 0 spiro atoms. The van der Waals surface area contributed by atoms with E-state index in [0.717, 1.165) is 12.8 Å². The molecule has 0 unspecified atom stereocenters. The fourth-order valence-electron chi connectivity index (χ4n) is 2.04. The highest BCUT2D eigenvalue weighted by Gasteiger charge is 2.34. The van der Waals surface area contributed by atoms with Crippen LogP contribution in [0.5, 0.6) is 0 Å². The van der Waals surface area contributed by atoms with E-state index in [4.69, 9.17) is 23.2 Å². The van der Waals surface area contributed by atoms with E-state index < -0.39 is 10.0 Å². The maximum absolute atomic E-state index is 11.9. The molecule has 1 aromatic rings. The van der Waals surface area contributed by atoms with Gasteiger partial charge in [-0.2, -0.15) is 4.31 Å². The molecular formula is C13H16Cl2N2O3S. The Morgan fingerprint density at radius 3 is 2.33 bits per heavy atom. The van der Waals surface area contributed by atoms with Crippen LogP contribution in [-0.2, 0) is 14.8 Å². The molecule has 1 saturated carbocycles. The zero-order valence-electron chi connectivity index (χ0n) is 11.5. The summed E-state index contributed by atoms with van der Waals surface area (Å²) >= 11 is 11.7. The molecule has 1 aliphatic carbocycles. The maximum atomic E-state index is 11.9. The Morgan fingerprint density at radius 1 is 1.29 bits per heavy atom. The van der Waals surface area contributed by atoms with Gasteiger partial charge in [-0.3, -0.25) is 4.79 Å². The van der Waals surface area contributed by atoms with Gasteiger partial charge in [0.2, 0.25) is 15.9 Å². The molecular weight excluding hydrogens is 335 g/mol. The second-order valence-electron chi connectivity index (χ2n) is 5.06. The van der Waals surface area contributed by atoms with Crippen LogP contribution in [0.25, 0.3) is 0 Å². The fourth-order valence-corrected chi connectivity index (χ4v) is 3.74. The van der Waals surface area contributed by atoms with Gasteiger partial charge in [0, 0.05) is 34.7 Å². The molecule has 0 radical (unpaired) electrons. The Bertz CT molecular complexity index is 625. The molecule has 0 atom stereocenters. The average molecular weight is 351 g/mol. The maximum Gasteiger partial charge on any atom is 0.225 e. The van der Waals surface area contributed by atoms with Gasteiger partial charge in [0.1, 0.15) is 0 Å². The smallest absolute Gasteiger partial charge is 0.225 e. The Labute approximate surface area is 134 Å². The zero-order chi connectivity index (χ0) is 15.6. The van der Waals surface area contributed by atoms with Crippen molar-refractivity contribution in [2.45, 2.75) is 25.3 Å². The summed E-state index contributed by atoms with van der Waals surface area (Å²) in [5.74, 6) is -0.275. The van der Waals surface area contributed by atoms with E-state index >= 15 is 0 Å². The van der Waals surface area contributed by atoms with Gasteiger partial charge in [-0.05, 0) is 31.0 Å². The summed E-state index contributed by atoms with van der Waals surface area (Å²) in [6.07, 6.45) is 2.98. The van der Waals surface area contributed by atoms with Gasteiger partial charge in [0.05, 0.1) is 6.26 Å². The first kappa shape index (κ1) is 16.5. The first-order chi connectivity index (χ1) is 9.75. The summed E-state index contributed by atoms with van der Waals surface area (Å²) in [5.41, 5.74) is 0.495. The predicted octanol–water partition coefficient (Wildman–Crippen LogP) is 2.75. The van der Waals surface area contributed by atoms with Gasteiger partial charge >= 0.3 is 0 Å². The molecule has 1 N–H and O–H groups in total. The Hall–Kier alpha value is -0.820. The number of hydrogen-bond acceptors (Lipinski definition) is 3. The van der Waals surface area contributed by atoms with E-state index in [1.165, 1.54) is 10.6 Å². The fraction of sp³-hybridized carbons (Fsp3) is 0.462. The highest BCUT2D eigenvalue weighted by molar-refractivity contribution is 7.88. The number of nitrogens with one attached hydrogen (secondary N) is 1. The third kappa shape index (κ3) is 5.14. The van der Waals surface area contributed by atoms with Crippen LogP contribution < -0.4 is 5.32 Å². The second kappa shape index (κ2) is 6.52. The van der Waals surface area contributed by atoms with Gasteiger partial charge < -0.3 is 5.32 Å². The molecule has 0 heterocycles. The summed E-state index contributed by atoms with van der Waals surface area (Å²) in [6.45, 7) is 0.184. The Balaban J connectivity index is 1.92. The molecule has 1 aliphatic rings. The van der Waals surface area contributed by atoms with Crippen LogP contribution in [0.2, 0.25) is 10.0 Å². The number of amides is 1. The van der Waals surface area contributed by atoms with E-state index in [0.29, 0.717) is 15.7 Å². The minimum Gasteiger partial charge on any atom is -0.326 e. The van der Waals surface area contributed by atoms with Crippen LogP contribution in [0.1, 0.15) is 19.3 Å². The van der Waals surface area contributed by atoms with E-state index in [2.05, 4.69) is 5.32 Å². The van der Waals surface area contributed by atoms with Crippen molar-refractivity contribution in [3.63, 3.8) is 0 Å². The summed E-state index contributed by atoms with van der Waals surface area (Å²) in [7, 11) is -3.27. The summed E-state index contributed by atoms with van der Waals surface area (Å²) in [5, 5.41) is 3.51. The van der Waals surface area contributed by atoms with Crippen molar-refractivity contribution in [1.29, 1.82) is 0 Å². The lowest BCUT2D eigenvalue weighted by molar-refractivity contribution is -0.116. The molecule has 0 saturated heterocycles. The number of hydrogen-bond donors (Lipinski definition) is 1. The number of nitrogens with zero attached hydrogens (tertiary/aromatic N) is 1. The first-order valence-electron chi connectivity index (χ1n) is 6.48. The summed E-state index contributed by atoms with van der Waals surface area (Å²) in [6, 6.07) is 4.78. The number of carbonyl (C=O) groups is 1. The minimum atomic E-state index is -3.27. The first-order valence-corrected chi connectivity index (χ1v) is 9.09. The van der Waals surface area contributed by atoms with Crippen LogP contribution in [0.15, 0.2) is 18.2 Å². The lowest BCUT2D eigenvalue weighted by atomic mass is 10.3. The van der Waals surface area contributed by atoms with Gasteiger partial charge in [-0.25, -0.2) is 8.42 Å². The molecule has 2 rings (SSSR count). The minimum absolute atomic E-state index is 0.0495. The number of sulfonamides is 1. The van der Waals surface area contributed by atoms with Gasteiger partial charge in [-0.1, -0.05) is 23.2 Å². The van der Waals surface area contributed by atoms with Crippen LogP contribution in [0.4, 0.5) is 5.69 Å². The monoisotopic (exact) mass is 350 g/mol. The lowest BCUT2D eigenvalue weighted by Crippen LogP contribution is -2.34. The number of rotatable bonds is 6. The largest absolute Gasteiger partial charge is 0.326 e. The standard InChI is InChI=1S/C13H16Cl2N2O3S/c1-21(19,20)17(12-2-3-12)5-4-13(18)16-11-7-9(14)6-10(15)8-11/h6-8,12H,2-5H2,1H3,(H,16,18). The van der Waals surface area contributed by atoms with Gasteiger partial charge in [0.15, 0.2) is 0 Å². The van der Waals surface area contributed by atoms with Crippen molar-refractivity contribution in [2.75, 3.05) is 18.1 Å². The molecule has 5 nitrogen and oxygen atoms in total. The van der Waals surface area contributed by atoms with E-state index in [1.807, 2.05) is 0 Å². The number of anilines is 1. The zero-order valence-corrected chi connectivity index (χ0v) is 13.8. The highest BCUT2D eigenvalue weighted by atomic mass is 35.5. The van der Waals surface area contributed by atoms with Crippen molar-refractivity contribution >= 4 is 44.8 Å². The molecule has 0 aromatic heterocycles. The molecule has 8 heteroatoms. The highest BCUT2D eigenvalue weighted by Crippen LogP contribution is 2.29. The quantitative estimate of drug-likeness (QED) is 0.857. The van der Waals surface area contributed by atoms with Gasteiger partial charge in [0.25, 0.3) is 0 Å². The summed E-state index contributed by atoms with van der Waals surface area (Å²) < 4.78 is 24.7. The van der Waals surface area contributed by atoms with Crippen molar-refractivity contribution in [1.82, 2.24) is 4.31 Å². The normalized spacial score (nSPS) is 15.2. The second-order valence-corrected chi connectivity index (χ2v) is 7.87. The number of halogens is 2. The Morgan fingerprint density at radius 2 is 1.86 bits per heavy atom. The average Bonchev–Trinajstić information content (AvgIpc) is 3.09. The summed E-state index contributed by atoms with van der Waals surface area (Å²) in [4.78, 5) is 11.9. The van der Waals surface area contributed by atoms with Crippen LogP contribution in [0, 0.1) is 0 Å². The molecule has 21 heavy (non-hydrogen) atoms. The molecule has 1 aromatic carbocycles. The molecule has 1 fully saturated rings. The van der Waals surface area contributed by atoms with Crippen LogP contribution in [0.3, 0.4) is 0 Å². The number of carbonyl (C=O) groups excluding carboxylic acids is 1. The van der Waals surface area contributed by atoms with E-state index in [1.54, 1.807) is 18.2 Å². The van der Waals surface area contributed by atoms with Crippen LogP contribution >= 0.6 is 23.2 Å². The predicted molar refractivity (Wildman–Crippen MR) is 84.3 cm³/mol. The molecule has 1 amide bonds. The SMILES string of the molecule is CS(=O)(=O)N(CCC(=O)Nc1cc(Cl)cc(Cl)c1)C1CC1. The van der Waals surface area contributed by atoms with E-state index in [-0.39, 0.29) is 24.9 Å². The molecule has 0 bridgehead atoms.